The number of anilines is 1. The summed E-state index contributed by atoms with van der Waals surface area (Å²) in [4.78, 5) is 36.6. The van der Waals surface area contributed by atoms with E-state index in [1.54, 1.807) is 24.1 Å². The molecule has 9 heteroatoms. The van der Waals surface area contributed by atoms with Crippen LogP contribution < -0.4 is 10.2 Å². The highest BCUT2D eigenvalue weighted by Crippen LogP contribution is 2.13. The van der Waals surface area contributed by atoms with Gasteiger partial charge in [0.2, 0.25) is 5.95 Å². The molecule has 3 rings (SSSR count). The summed E-state index contributed by atoms with van der Waals surface area (Å²) in [5.41, 5.74) is 0.419. The molecule has 1 N–H and O–H groups in total. The highest BCUT2D eigenvalue weighted by Gasteiger charge is 2.24. The SMILES string of the molecule is COCCCNC(=O)c1cnc(N2CCN(C(=O)c3ccco3)CC2)nc1. The van der Waals surface area contributed by atoms with E-state index < -0.39 is 0 Å². The third kappa shape index (κ3) is 4.82. The molecule has 0 bridgehead atoms. The molecule has 0 aliphatic carbocycles. The van der Waals surface area contributed by atoms with Gasteiger partial charge in [0.25, 0.3) is 11.8 Å². The molecule has 1 aliphatic rings. The minimum atomic E-state index is -0.202. The van der Waals surface area contributed by atoms with Crippen LogP contribution in [0.4, 0.5) is 5.95 Å². The number of carbonyl (C=O) groups excluding carboxylic acids is 2. The van der Waals surface area contributed by atoms with Gasteiger partial charge in [-0.1, -0.05) is 0 Å². The van der Waals surface area contributed by atoms with Crippen LogP contribution in [0.2, 0.25) is 0 Å². The standard InChI is InChI=1S/C18H23N5O4/c1-26-10-3-5-19-16(24)14-12-20-18(21-13-14)23-8-6-22(7-9-23)17(25)15-4-2-11-27-15/h2,4,11-13H,3,5-10H2,1H3,(H,19,24). The van der Waals surface area contributed by atoms with Crippen molar-refractivity contribution in [3.05, 3.63) is 42.1 Å². The number of rotatable bonds is 7. The summed E-state index contributed by atoms with van der Waals surface area (Å²) in [7, 11) is 1.63. The van der Waals surface area contributed by atoms with Crippen LogP contribution in [0.1, 0.15) is 27.3 Å². The van der Waals surface area contributed by atoms with E-state index in [1.807, 2.05) is 4.90 Å². The number of hydrogen-bond acceptors (Lipinski definition) is 7. The molecule has 1 saturated heterocycles. The Labute approximate surface area is 157 Å². The molecule has 9 nitrogen and oxygen atoms in total. The lowest BCUT2D eigenvalue weighted by Gasteiger charge is -2.34. The second-order valence-corrected chi connectivity index (χ2v) is 6.13. The number of furan rings is 1. The van der Waals surface area contributed by atoms with E-state index in [-0.39, 0.29) is 11.8 Å². The maximum Gasteiger partial charge on any atom is 0.289 e. The largest absolute Gasteiger partial charge is 0.459 e. The maximum atomic E-state index is 12.3. The quantitative estimate of drug-likeness (QED) is 0.716. The van der Waals surface area contributed by atoms with Crippen molar-refractivity contribution in [3.63, 3.8) is 0 Å². The number of nitrogens with zero attached hydrogens (tertiary/aromatic N) is 4. The topological polar surface area (TPSA) is 101 Å². The average Bonchev–Trinajstić information content (AvgIpc) is 3.26. The van der Waals surface area contributed by atoms with Gasteiger partial charge >= 0.3 is 0 Å². The van der Waals surface area contributed by atoms with Crippen molar-refractivity contribution in [2.24, 2.45) is 0 Å². The fraction of sp³-hybridized carbons (Fsp3) is 0.444. The zero-order valence-corrected chi connectivity index (χ0v) is 15.3. The summed E-state index contributed by atoms with van der Waals surface area (Å²) < 4.78 is 10.1. The number of carbonyl (C=O) groups is 2. The normalized spacial score (nSPS) is 14.3. The molecular weight excluding hydrogens is 350 g/mol. The summed E-state index contributed by atoms with van der Waals surface area (Å²) in [5.74, 6) is 0.587. The van der Waals surface area contributed by atoms with Gasteiger partial charge in [0.05, 0.1) is 11.8 Å². The van der Waals surface area contributed by atoms with E-state index in [0.717, 1.165) is 6.42 Å². The molecule has 144 valence electrons. The lowest BCUT2D eigenvalue weighted by Crippen LogP contribution is -2.49. The van der Waals surface area contributed by atoms with Crippen LogP contribution in [0.5, 0.6) is 0 Å². The fourth-order valence-corrected chi connectivity index (χ4v) is 2.79. The predicted molar refractivity (Wildman–Crippen MR) is 97.7 cm³/mol. The van der Waals surface area contributed by atoms with Crippen molar-refractivity contribution in [1.82, 2.24) is 20.2 Å². The fourth-order valence-electron chi connectivity index (χ4n) is 2.79. The van der Waals surface area contributed by atoms with Crippen molar-refractivity contribution in [1.29, 1.82) is 0 Å². The number of hydrogen-bond donors (Lipinski definition) is 1. The van der Waals surface area contributed by atoms with E-state index in [4.69, 9.17) is 9.15 Å². The molecule has 0 aromatic carbocycles. The van der Waals surface area contributed by atoms with Gasteiger partial charge in [-0.25, -0.2) is 9.97 Å². The van der Waals surface area contributed by atoms with E-state index in [2.05, 4.69) is 15.3 Å². The van der Waals surface area contributed by atoms with Gasteiger partial charge < -0.3 is 24.3 Å². The van der Waals surface area contributed by atoms with Crippen LogP contribution in [0, 0.1) is 0 Å². The third-order valence-corrected chi connectivity index (χ3v) is 4.29. The Kier molecular flexibility index (Phi) is 6.37. The molecule has 1 fully saturated rings. The highest BCUT2D eigenvalue weighted by atomic mass is 16.5. The van der Waals surface area contributed by atoms with Crippen LogP contribution in [0.25, 0.3) is 0 Å². The Morgan fingerprint density at radius 1 is 1.22 bits per heavy atom. The first-order valence-corrected chi connectivity index (χ1v) is 8.86. The molecule has 0 atom stereocenters. The Bertz CT molecular complexity index is 740. The molecule has 2 aromatic heterocycles. The smallest absolute Gasteiger partial charge is 0.289 e. The van der Waals surface area contributed by atoms with Crippen molar-refractivity contribution >= 4 is 17.8 Å². The van der Waals surface area contributed by atoms with Gasteiger partial charge in [-0.05, 0) is 18.6 Å². The van der Waals surface area contributed by atoms with E-state index in [1.165, 1.54) is 18.7 Å². The molecule has 3 heterocycles. The van der Waals surface area contributed by atoms with Crippen molar-refractivity contribution < 1.29 is 18.7 Å². The second-order valence-electron chi connectivity index (χ2n) is 6.13. The van der Waals surface area contributed by atoms with Crippen molar-refractivity contribution in [2.75, 3.05) is 51.3 Å². The lowest BCUT2D eigenvalue weighted by molar-refractivity contribution is 0.0714. The van der Waals surface area contributed by atoms with E-state index in [0.29, 0.717) is 56.6 Å². The van der Waals surface area contributed by atoms with E-state index >= 15 is 0 Å². The highest BCUT2D eigenvalue weighted by molar-refractivity contribution is 5.93. The number of methoxy groups -OCH3 is 1. The first-order chi connectivity index (χ1) is 13.2. The van der Waals surface area contributed by atoms with Crippen LogP contribution in [0.3, 0.4) is 0 Å². The zero-order valence-electron chi connectivity index (χ0n) is 15.3. The molecule has 0 radical (unpaired) electrons. The monoisotopic (exact) mass is 373 g/mol. The molecule has 1 aliphatic heterocycles. The number of nitrogens with one attached hydrogen (secondary N) is 1. The second kappa shape index (κ2) is 9.13. The van der Waals surface area contributed by atoms with E-state index in [9.17, 15) is 9.59 Å². The summed E-state index contributed by atoms with van der Waals surface area (Å²) in [5, 5.41) is 2.80. The molecule has 0 saturated carbocycles. The maximum absolute atomic E-state index is 12.3. The summed E-state index contributed by atoms with van der Waals surface area (Å²) >= 11 is 0. The van der Waals surface area contributed by atoms with Gasteiger partial charge in [0.15, 0.2) is 5.76 Å². The lowest BCUT2D eigenvalue weighted by atomic mass is 10.3. The molecular formula is C18H23N5O4. The van der Waals surface area contributed by atoms with Crippen LogP contribution >= 0.6 is 0 Å². The minimum absolute atomic E-state index is 0.110. The van der Waals surface area contributed by atoms with Gasteiger partial charge in [-0.2, -0.15) is 0 Å². The van der Waals surface area contributed by atoms with Gasteiger partial charge in [0, 0.05) is 58.8 Å². The summed E-state index contributed by atoms with van der Waals surface area (Å²) in [6.45, 7) is 3.50. The number of amides is 2. The summed E-state index contributed by atoms with van der Waals surface area (Å²) in [6, 6.07) is 3.36. The minimum Gasteiger partial charge on any atom is -0.459 e. The van der Waals surface area contributed by atoms with Crippen molar-refractivity contribution in [2.45, 2.75) is 6.42 Å². The third-order valence-electron chi connectivity index (χ3n) is 4.29. The van der Waals surface area contributed by atoms with Gasteiger partial charge in [0.1, 0.15) is 0 Å². The first-order valence-electron chi connectivity index (χ1n) is 8.86. The molecule has 27 heavy (non-hydrogen) atoms. The Morgan fingerprint density at radius 2 is 1.96 bits per heavy atom. The average molecular weight is 373 g/mol. The summed E-state index contributed by atoms with van der Waals surface area (Å²) in [6.07, 6.45) is 5.29. The molecule has 2 amide bonds. The van der Waals surface area contributed by atoms with Crippen LogP contribution in [0.15, 0.2) is 35.2 Å². The van der Waals surface area contributed by atoms with Gasteiger partial charge in [-0.3, -0.25) is 9.59 Å². The van der Waals surface area contributed by atoms with Crippen LogP contribution in [-0.4, -0.2) is 73.1 Å². The van der Waals surface area contributed by atoms with Gasteiger partial charge in [-0.15, -0.1) is 0 Å². The zero-order chi connectivity index (χ0) is 19.1. The number of ether oxygens (including phenoxy) is 1. The molecule has 0 spiro atoms. The number of piperazine rings is 1. The Morgan fingerprint density at radius 3 is 2.59 bits per heavy atom. The number of aromatic nitrogens is 2. The van der Waals surface area contributed by atoms with Crippen LogP contribution in [-0.2, 0) is 4.74 Å². The Balaban J connectivity index is 1.50. The Hall–Kier alpha value is -2.94. The van der Waals surface area contributed by atoms with Crippen molar-refractivity contribution in [3.8, 4) is 0 Å². The predicted octanol–water partition coefficient (Wildman–Crippen LogP) is 0.798. The molecule has 0 unspecified atom stereocenters. The molecule has 2 aromatic rings. The first kappa shape index (κ1) is 18.8.